The van der Waals surface area contributed by atoms with Crippen molar-refractivity contribution in [1.82, 2.24) is 18.5 Å². The molecule has 1 aliphatic heterocycles. The third kappa shape index (κ3) is 3.87. The van der Waals surface area contributed by atoms with Gasteiger partial charge >= 0.3 is 6.09 Å². The number of benzene rings is 2. The number of hydrogen-bond donors (Lipinski definition) is 1. The maximum atomic E-state index is 14.0. The predicted molar refractivity (Wildman–Crippen MR) is 128 cm³/mol. The van der Waals surface area contributed by atoms with Gasteiger partial charge in [0, 0.05) is 24.5 Å². The second-order valence-electron chi connectivity index (χ2n) is 9.00. The molecule has 0 bridgehead atoms. The van der Waals surface area contributed by atoms with Crippen molar-refractivity contribution in [2.45, 2.75) is 31.3 Å². The Balaban J connectivity index is 1.05. The van der Waals surface area contributed by atoms with Crippen molar-refractivity contribution in [3.63, 3.8) is 0 Å². The molecule has 0 atom stereocenters. The molecule has 8 nitrogen and oxygen atoms in total. The van der Waals surface area contributed by atoms with E-state index in [0.717, 1.165) is 48.9 Å². The number of ether oxygens (including phenoxy) is 1. The number of aromatic nitrogens is 4. The van der Waals surface area contributed by atoms with Crippen LogP contribution in [-0.2, 0) is 4.74 Å². The van der Waals surface area contributed by atoms with Crippen LogP contribution in [0.5, 0.6) is 0 Å². The summed E-state index contributed by atoms with van der Waals surface area (Å²) in [5.74, 6) is 0.862. The van der Waals surface area contributed by atoms with Crippen LogP contribution in [0.25, 0.3) is 16.7 Å². The second-order valence-corrected chi connectivity index (χ2v) is 9.52. The van der Waals surface area contributed by atoms with Gasteiger partial charge < -0.3 is 10.1 Å². The van der Waals surface area contributed by atoms with Crippen LogP contribution in [0, 0.1) is 11.7 Å². The Labute approximate surface area is 199 Å². The summed E-state index contributed by atoms with van der Waals surface area (Å²) in [6.07, 6.45) is 5.02. The highest BCUT2D eigenvalue weighted by Crippen LogP contribution is 2.41. The summed E-state index contributed by atoms with van der Waals surface area (Å²) in [4.78, 5) is 14.4. The third-order valence-corrected chi connectivity index (χ3v) is 7.35. The average Bonchev–Trinajstić information content (AvgIpc) is 3.58. The van der Waals surface area contributed by atoms with Crippen LogP contribution in [0.4, 0.5) is 20.7 Å². The lowest BCUT2D eigenvalue weighted by Gasteiger charge is -2.35. The van der Waals surface area contributed by atoms with Crippen LogP contribution in [0.1, 0.15) is 25.7 Å². The van der Waals surface area contributed by atoms with Crippen molar-refractivity contribution in [3.05, 3.63) is 60.5 Å². The molecular formula is C24H23FN6O2S. The highest BCUT2D eigenvalue weighted by atomic mass is 32.1. The maximum Gasteiger partial charge on any atom is 0.415 e. The van der Waals surface area contributed by atoms with Crippen LogP contribution in [0.15, 0.2) is 54.7 Å². The van der Waals surface area contributed by atoms with Crippen molar-refractivity contribution in [2.24, 2.45) is 5.92 Å². The molecule has 3 heterocycles. The van der Waals surface area contributed by atoms with E-state index < -0.39 is 5.60 Å². The van der Waals surface area contributed by atoms with E-state index in [4.69, 9.17) is 4.74 Å². The van der Waals surface area contributed by atoms with Gasteiger partial charge in [0.05, 0.1) is 18.3 Å². The van der Waals surface area contributed by atoms with Gasteiger partial charge in [-0.3, -0.25) is 4.90 Å². The SMILES string of the molecule is O=C1O[C@]2(CC[C@H](CNc3ccn(-c4ccccc4F)n3)CC2)CN1c1ccc2nsnc2c1. The fourth-order valence-corrected chi connectivity index (χ4v) is 5.38. The summed E-state index contributed by atoms with van der Waals surface area (Å²) < 4.78 is 29.9. The number of carbonyl (C=O) groups excluding carboxylic acids is 1. The number of anilines is 2. The molecule has 1 spiro atoms. The highest BCUT2D eigenvalue weighted by Gasteiger charge is 2.47. The van der Waals surface area contributed by atoms with E-state index >= 15 is 0 Å². The first-order chi connectivity index (χ1) is 16.6. The van der Waals surface area contributed by atoms with E-state index in [9.17, 15) is 9.18 Å². The van der Waals surface area contributed by atoms with Gasteiger partial charge in [-0.05, 0) is 61.9 Å². The molecule has 0 radical (unpaired) electrons. The number of rotatable bonds is 5. The number of nitrogens with zero attached hydrogens (tertiary/aromatic N) is 5. The standard InChI is InChI=1S/C24H23FN6O2S/c25-18-3-1-2-4-21(18)31-12-9-22(27-31)26-14-16-7-10-24(11-8-16)15-30(23(32)33-24)17-5-6-19-20(13-17)29-34-28-19/h1-6,9,12-13,16H,7-8,10-11,14-15H2,(H,26,27)/t16-,24-. The van der Waals surface area contributed by atoms with Gasteiger partial charge in [-0.25, -0.2) is 13.9 Å². The normalized spacial score (nSPS) is 22.4. The molecule has 1 saturated carbocycles. The smallest absolute Gasteiger partial charge is 0.415 e. The number of para-hydroxylation sites is 1. The summed E-state index contributed by atoms with van der Waals surface area (Å²) in [7, 11) is 0. The molecule has 2 aliphatic rings. The van der Waals surface area contributed by atoms with Crippen molar-refractivity contribution in [2.75, 3.05) is 23.3 Å². The average molecular weight is 479 g/mol. The molecule has 2 aromatic heterocycles. The summed E-state index contributed by atoms with van der Waals surface area (Å²) >= 11 is 1.17. The molecule has 1 saturated heterocycles. The fraction of sp³-hybridized carbons (Fsp3) is 0.333. The van der Waals surface area contributed by atoms with Crippen LogP contribution < -0.4 is 10.2 Å². The molecule has 6 rings (SSSR count). The van der Waals surface area contributed by atoms with Crippen LogP contribution in [-0.4, -0.2) is 43.3 Å². The monoisotopic (exact) mass is 478 g/mol. The van der Waals surface area contributed by atoms with E-state index in [2.05, 4.69) is 19.2 Å². The van der Waals surface area contributed by atoms with Crippen molar-refractivity contribution < 1.29 is 13.9 Å². The summed E-state index contributed by atoms with van der Waals surface area (Å²) in [5, 5.41) is 7.82. The Bertz CT molecular complexity index is 1350. The largest absolute Gasteiger partial charge is 0.441 e. The minimum absolute atomic E-state index is 0.294. The van der Waals surface area contributed by atoms with Gasteiger partial charge in [0.2, 0.25) is 0 Å². The third-order valence-electron chi connectivity index (χ3n) is 6.80. The Hall–Kier alpha value is -3.53. The molecule has 174 valence electrons. The molecule has 10 heteroatoms. The maximum absolute atomic E-state index is 14.0. The van der Waals surface area contributed by atoms with Crippen molar-refractivity contribution in [1.29, 1.82) is 0 Å². The fourth-order valence-electron chi connectivity index (χ4n) is 4.87. The Kier molecular flexibility index (Phi) is 5.17. The zero-order valence-electron chi connectivity index (χ0n) is 18.4. The summed E-state index contributed by atoms with van der Waals surface area (Å²) in [5.41, 5.74) is 2.42. The highest BCUT2D eigenvalue weighted by molar-refractivity contribution is 7.00. The first-order valence-electron chi connectivity index (χ1n) is 11.4. The minimum Gasteiger partial charge on any atom is -0.441 e. The number of fused-ring (bicyclic) bond motifs is 1. The molecule has 2 fully saturated rings. The molecule has 1 amide bonds. The molecule has 4 aromatic rings. The van der Waals surface area contributed by atoms with E-state index in [1.807, 2.05) is 24.3 Å². The lowest BCUT2D eigenvalue weighted by atomic mass is 9.78. The molecule has 2 aromatic carbocycles. The molecule has 1 aliphatic carbocycles. The van der Waals surface area contributed by atoms with Crippen LogP contribution >= 0.6 is 11.7 Å². The van der Waals surface area contributed by atoms with E-state index in [-0.39, 0.29) is 11.9 Å². The Morgan fingerprint density at radius 2 is 1.94 bits per heavy atom. The van der Waals surface area contributed by atoms with Gasteiger partial charge in [-0.2, -0.15) is 13.8 Å². The number of hydrogen-bond acceptors (Lipinski definition) is 7. The first-order valence-corrected chi connectivity index (χ1v) is 12.1. The van der Waals surface area contributed by atoms with Gasteiger partial charge in [0.25, 0.3) is 0 Å². The molecule has 0 unspecified atom stereocenters. The number of amides is 1. The summed E-state index contributed by atoms with van der Waals surface area (Å²) in [6, 6.07) is 14.1. The number of nitrogens with one attached hydrogen (secondary N) is 1. The van der Waals surface area contributed by atoms with Crippen LogP contribution in [0.2, 0.25) is 0 Å². The lowest BCUT2D eigenvalue weighted by Crippen LogP contribution is -2.39. The van der Waals surface area contributed by atoms with Gasteiger partial charge in [-0.15, -0.1) is 0 Å². The van der Waals surface area contributed by atoms with Gasteiger partial charge in [0.1, 0.15) is 34.0 Å². The lowest BCUT2D eigenvalue weighted by molar-refractivity contribution is 0.0148. The zero-order chi connectivity index (χ0) is 23.1. The number of halogens is 1. The Morgan fingerprint density at radius 1 is 1.12 bits per heavy atom. The van der Waals surface area contributed by atoms with E-state index in [1.54, 1.807) is 34.0 Å². The number of carbonyl (C=O) groups is 1. The van der Waals surface area contributed by atoms with Gasteiger partial charge in [0.15, 0.2) is 0 Å². The van der Waals surface area contributed by atoms with Crippen LogP contribution in [0.3, 0.4) is 0 Å². The quantitative estimate of drug-likeness (QED) is 0.434. The Morgan fingerprint density at radius 3 is 2.79 bits per heavy atom. The van der Waals surface area contributed by atoms with E-state index in [1.165, 1.54) is 17.8 Å². The van der Waals surface area contributed by atoms with Crippen molar-refractivity contribution in [3.8, 4) is 5.69 Å². The first kappa shape index (κ1) is 21.0. The molecule has 1 N–H and O–H groups in total. The topological polar surface area (TPSA) is 85.2 Å². The van der Waals surface area contributed by atoms with E-state index in [0.29, 0.717) is 24.0 Å². The van der Waals surface area contributed by atoms with Crippen molar-refractivity contribution >= 4 is 40.4 Å². The summed E-state index contributed by atoms with van der Waals surface area (Å²) in [6.45, 7) is 1.33. The molecule has 34 heavy (non-hydrogen) atoms. The van der Waals surface area contributed by atoms with Gasteiger partial charge in [-0.1, -0.05) is 12.1 Å². The minimum atomic E-state index is -0.435. The predicted octanol–water partition coefficient (Wildman–Crippen LogP) is 5.01. The zero-order valence-corrected chi connectivity index (χ0v) is 19.2. The molecular weight excluding hydrogens is 455 g/mol. The second kappa shape index (κ2) is 8.35.